The fourth-order valence-electron chi connectivity index (χ4n) is 2.35. The molecule has 2 aromatic heterocycles. The molecule has 0 aromatic carbocycles. The van der Waals surface area contributed by atoms with Gasteiger partial charge in [0, 0.05) is 30.8 Å². The fraction of sp³-hybridized carbons (Fsp3) is 0.462. The normalized spacial score (nSPS) is 17.3. The monoisotopic (exact) mass is 293 g/mol. The Morgan fingerprint density at radius 3 is 2.70 bits per heavy atom. The Balaban J connectivity index is 2.29. The van der Waals surface area contributed by atoms with E-state index in [0.717, 1.165) is 19.1 Å². The van der Waals surface area contributed by atoms with E-state index in [-0.39, 0.29) is 16.6 Å². The van der Waals surface area contributed by atoms with Crippen molar-refractivity contribution in [2.24, 2.45) is 5.92 Å². The minimum atomic E-state index is -3.49. The highest BCUT2D eigenvalue weighted by molar-refractivity contribution is 7.90. The zero-order valence-corrected chi connectivity index (χ0v) is 12.1. The summed E-state index contributed by atoms with van der Waals surface area (Å²) in [5, 5.41) is 0.111. The highest BCUT2D eigenvalue weighted by Crippen LogP contribution is 2.39. The first-order valence-electron chi connectivity index (χ1n) is 6.46. The van der Waals surface area contributed by atoms with Crippen molar-refractivity contribution in [2.75, 3.05) is 6.26 Å². The van der Waals surface area contributed by atoms with E-state index in [2.05, 4.69) is 16.9 Å². The summed E-state index contributed by atoms with van der Waals surface area (Å²) in [4.78, 5) is 19.7. The largest absolute Gasteiger partial charge is 0.329 e. The third kappa shape index (κ3) is 2.22. The van der Waals surface area contributed by atoms with Crippen molar-refractivity contribution >= 4 is 20.9 Å². The molecule has 0 aliphatic heterocycles. The van der Waals surface area contributed by atoms with Crippen LogP contribution in [0, 0.1) is 5.92 Å². The Labute approximate surface area is 116 Å². The van der Waals surface area contributed by atoms with Gasteiger partial charge in [0.25, 0.3) is 0 Å². The van der Waals surface area contributed by atoms with Gasteiger partial charge in [0.05, 0.1) is 5.39 Å². The van der Waals surface area contributed by atoms with Gasteiger partial charge in [-0.05, 0) is 25.7 Å². The molecule has 106 valence electrons. The van der Waals surface area contributed by atoms with Crippen molar-refractivity contribution in [3.8, 4) is 0 Å². The summed E-state index contributed by atoms with van der Waals surface area (Å²) in [6.07, 6.45) is 6.35. The first kappa shape index (κ1) is 13.2. The molecule has 0 bridgehead atoms. The van der Waals surface area contributed by atoms with Gasteiger partial charge in [-0.25, -0.2) is 13.4 Å². The van der Waals surface area contributed by atoms with Crippen molar-refractivity contribution in [1.82, 2.24) is 14.5 Å². The van der Waals surface area contributed by atoms with Gasteiger partial charge in [-0.1, -0.05) is 0 Å². The summed E-state index contributed by atoms with van der Waals surface area (Å²) in [5.74, 6) is 0.567. The van der Waals surface area contributed by atoms with Gasteiger partial charge in [-0.3, -0.25) is 4.79 Å². The number of rotatable bonds is 3. The lowest BCUT2D eigenvalue weighted by Crippen LogP contribution is -2.16. The van der Waals surface area contributed by atoms with Crippen LogP contribution < -0.4 is 5.43 Å². The van der Waals surface area contributed by atoms with Crippen LogP contribution in [0.4, 0.5) is 0 Å². The number of nitrogens with zero attached hydrogens (tertiary/aromatic N) is 3. The van der Waals surface area contributed by atoms with Gasteiger partial charge in [-0.2, -0.15) is 4.98 Å². The zero-order valence-electron chi connectivity index (χ0n) is 11.3. The molecule has 1 fully saturated rings. The number of aromatic nitrogens is 3. The second kappa shape index (κ2) is 4.37. The minimum absolute atomic E-state index is 0.195. The molecule has 0 amide bonds. The SMILES string of the molecule is CC(C1CC1)n1ccc(=O)c2cnc(S(C)(=O)=O)nc21. The van der Waals surface area contributed by atoms with Crippen LogP contribution in [-0.4, -0.2) is 29.2 Å². The van der Waals surface area contributed by atoms with Gasteiger partial charge in [0.1, 0.15) is 5.65 Å². The maximum absolute atomic E-state index is 11.9. The molecular weight excluding hydrogens is 278 g/mol. The molecule has 1 atom stereocenters. The van der Waals surface area contributed by atoms with Gasteiger partial charge in [0.2, 0.25) is 15.0 Å². The predicted molar refractivity (Wildman–Crippen MR) is 74.3 cm³/mol. The standard InChI is InChI=1S/C13H15N3O3S/c1-8(9-3-4-9)16-6-5-11(17)10-7-14-13(15-12(10)16)20(2,18)19/h5-9H,3-4H2,1-2H3. The van der Waals surface area contributed by atoms with E-state index >= 15 is 0 Å². The van der Waals surface area contributed by atoms with E-state index < -0.39 is 9.84 Å². The van der Waals surface area contributed by atoms with Crippen molar-refractivity contribution in [3.05, 3.63) is 28.7 Å². The molecule has 0 spiro atoms. The lowest BCUT2D eigenvalue weighted by molar-refractivity contribution is 0.493. The van der Waals surface area contributed by atoms with Gasteiger partial charge >= 0.3 is 0 Å². The van der Waals surface area contributed by atoms with Crippen LogP contribution >= 0.6 is 0 Å². The molecule has 3 rings (SSSR count). The predicted octanol–water partition coefficient (Wildman–Crippen LogP) is 1.17. The number of pyridine rings is 1. The molecule has 0 N–H and O–H groups in total. The number of sulfone groups is 1. The molecule has 1 aliphatic carbocycles. The number of hydrogen-bond donors (Lipinski definition) is 0. The van der Waals surface area contributed by atoms with Crippen LogP contribution in [0.15, 0.2) is 28.4 Å². The van der Waals surface area contributed by atoms with Crippen molar-refractivity contribution in [2.45, 2.75) is 31.0 Å². The molecule has 2 heterocycles. The molecule has 1 unspecified atom stereocenters. The van der Waals surface area contributed by atoms with Crippen LogP contribution in [-0.2, 0) is 9.84 Å². The number of fused-ring (bicyclic) bond motifs is 1. The van der Waals surface area contributed by atoms with E-state index in [0.29, 0.717) is 17.0 Å². The quantitative estimate of drug-likeness (QED) is 0.793. The molecule has 20 heavy (non-hydrogen) atoms. The summed E-state index contributed by atoms with van der Waals surface area (Å²) >= 11 is 0. The summed E-state index contributed by atoms with van der Waals surface area (Å²) in [7, 11) is -3.49. The molecule has 0 saturated heterocycles. The van der Waals surface area contributed by atoms with Crippen LogP contribution in [0.2, 0.25) is 0 Å². The minimum Gasteiger partial charge on any atom is -0.329 e. The Morgan fingerprint density at radius 1 is 1.40 bits per heavy atom. The molecule has 0 radical (unpaired) electrons. The van der Waals surface area contributed by atoms with Crippen LogP contribution in [0.3, 0.4) is 0 Å². The van der Waals surface area contributed by atoms with E-state index in [9.17, 15) is 13.2 Å². The second-order valence-corrected chi connectivity index (χ2v) is 7.24. The van der Waals surface area contributed by atoms with E-state index in [1.165, 1.54) is 12.3 Å². The van der Waals surface area contributed by atoms with Crippen LogP contribution in [0.1, 0.15) is 25.8 Å². The molecule has 7 heteroatoms. The second-order valence-electron chi connectivity index (χ2n) is 5.33. The van der Waals surface area contributed by atoms with E-state index in [1.807, 2.05) is 4.57 Å². The van der Waals surface area contributed by atoms with Gasteiger partial charge in [-0.15, -0.1) is 0 Å². The lowest BCUT2D eigenvalue weighted by Gasteiger charge is -2.17. The fourth-order valence-corrected chi connectivity index (χ4v) is 2.85. The number of hydrogen-bond acceptors (Lipinski definition) is 5. The zero-order chi connectivity index (χ0) is 14.5. The van der Waals surface area contributed by atoms with Crippen molar-refractivity contribution < 1.29 is 8.42 Å². The summed E-state index contributed by atoms with van der Waals surface area (Å²) < 4.78 is 25.0. The Hall–Kier alpha value is -1.76. The van der Waals surface area contributed by atoms with E-state index in [4.69, 9.17) is 0 Å². The van der Waals surface area contributed by atoms with Gasteiger partial charge < -0.3 is 4.57 Å². The average Bonchev–Trinajstić information content (AvgIpc) is 3.21. The highest BCUT2D eigenvalue weighted by Gasteiger charge is 2.30. The third-order valence-corrected chi connectivity index (χ3v) is 4.58. The lowest BCUT2D eigenvalue weighted by atomic mass is 10.2. The Morgan fingerprint density at radius 2 is 2.10 bits per heavy atom. The Bertz CT molecular complexity index is 838. The van der Waals surface area contributed by atoms with Crippen LogP contribution in [0.5, 0.6) is 0 Å². The van der Waals surface area contributed by atoms with Gasteiger partial charge in [0.15, 0.2) is 5.43 Å². The van der Waals surface area contributed by atoms with E-state index in [1.54, 1.807) is 6.20 Å². The smallest absolute Gasteiger partial charge is 0.248 e. The molecule has 2 aromatic rings. The molecule has 1 saturated carbocycles. The molecular formula is C13H15N3O3S. The first-order chi connectivity index (χ1) is 9.38. The summed E-state index contributed by atoms with van der Waals surface area (Å²) in [6, 6.07) is 1.67. The summed E-state index contributed by atoms with van der Waals surface area (Å²) in [5.41, 5.74) is 0.201. The topological polar surface area (TPSA) is 81.9 Å². The molecule has 1 aliphatic rings. The first-order valence-corrected chi connectivity index (χ1v) is 8.35. The van der Waals surface area contributed by atoms with Crippen molar-refractivity contribution in [3.63, 3.8) is 0 Å². The third-order valence-electron chi connectivity index (χ3n) is 3.72. The van der Waals surface area contributed by atoms with Crippen molar-refractivity contribution in [1.29, 1.82) is 0 Å². The average molecular weight is 293 g/mol. The molecule has 6 nitrogen and oxygen atoms in total. The summed E-state index contributed by atoms with van der Waals surface area (Å²) in [6.45, 7) is 2.06. The maximum atomic E-state index is 11.9. The Kier molecular flexibility index (Phi) is 2.89. The maximum Gasteiger partial charge on any atom is 0.248 e. The highest BCUT2D eigenvalue weighted by atomic mass is 32.2. The van der Waals surface area contributed by atoms with Crippen LogP contribution in [0.25, 0.3) is 11.0 Å².